The van der Waals surface area contributed by atoms with Gasteiger partial charge in [-0.1, -0.05) is 67.9 Å². The lowest BCUT2D eigenvalue weighted by atomic mass is 9.67. The molecule has 8 heteroatoms. The van der Waals surface area contributed by atoms with Crippen LogP contribution in [-0.4, -0.2) is 70.7 Å². The van der Waals surface area contributed by atoms with Gasteiger partial charge < -0.3 is 14.7 Å². The van der Waals surface area contributed by atoms with Crippen molar-refractivity contribution in [2.45, 2.75) is 76.6 Å². The van der Waals surface area contributed by atoms with Crippen LogP contribution in [0.25, 0.3) is 0 Å². The van der Waals surface area contributed by atoms with Crippen molar-refractivity contribution < 1.29 is 19.4 Å². The highest BCUT2D eigenvalue weighted by Crippen LogP contribution is 2.48. The van der Waals surface area contributed by atoms with E-state index in [-0.39, 0.29) is 36.4 Å². The summed E-state index contributed by atoms with van der Waals surface area (Å²) >= 11 is 12.7. The number of morpholine rings is 1. The first-order chi connectivity index (χ1) is 18.1. The molecule has 3 heterocycles. The van der Waals surface area contributed by atoms with E-state index in [1.807, 2.05) is 42.2 Å². The lowest BCUT2D eigenvalue weighted by Crippen LogP contribution is -2.62. The van der Waals surface area contributed by atoms with Crippen LogP contribution in [0, 0.1) is 5.41 Å². The quantitative estimate of drug-likeness (QED) is 0.355. The van der Waals surface area contributed by atoms with Gasteiger partial charge in [0.25, 0.3) is 0 Å². The molecule has 1 aromatic rings. The Labute approximate surface area is 235 Å². The first kappa shape index (κ1) is 28.9. The van der Waals surface area contributed by atoms with Gasteiger partial charge in [0.2, 0.25) is 5.91 Å². The fourth-order valence-electron chi connectivity index (χ4n) is 6.43. The number of carboxylic acid groups (broad SMARTS) is 1. The average Bonchev–Trinajstić information content (AvgIpc) is 3.50. The predicted octanol–water partition coefficient (Wildman–Crippen LogP) is 6.01. The number of carbonyl (C=O) groups is 2. The highest BCUT2D eigenvalue weighted by Gasteiger charge is 2.53. The molecule has 0 aromatic heterocycles. The van der Waals surface area contributed by atoms with Crippen LogP contribution in [0.15, 0.2) is 59.7 Å². The number of aliphatic carboxylic acids is 1. The lowest BCUT2D eigenvalue weighted by molar-refractivity contribution is -0.159. The summed E-state index contributed by atoms with van der Waals surface area (Å²) in [4.78, 5) is 30.7. The number of carboxylic acids is 1. The van der Waals surface area contributed by atoms with Gasteiger partial charge in [-0.15, -0.1) is 0 Å². The van der Waals surface area contributed by atoms with Crippen LogP contribution in [0.5, 0.6) is 0 Å². The lowest BCUT2D eigenvalue weighted by Gasteiger charge is -2.52. The molecule has 0 aliphatic carbocycles. The van der Waals surface area contributed by atoms with Crippen molar-refractivity contribution in [2.75, 3.05) is 19.7 Å². The predicted molar refractivity (Wildman–Crippen MR) is 151 cm³/mol. The third-order valence-electron chi connectivity index (χ3n) is 8.36. The van der Waals surface area contributed by atoms with Crippen molar-refractivity contribution in [1.82, 2.24) is 9.80 Å². The van der Waals surface area contributed by atoms with E-state index in [1.54, 1.807) is 19.1 Å². The minimum absolute atomic E-state index is 0.121. The monoisotopic (exact) mass is 560 g/mol. The fraction of sp³-hybridized carbons (Fsp3) is 0.533. The molecular weight excluding hydrogens is 523 g/mol. The summed E-state index contributed by atoms with van der Waals surface area (Å²) in [6.45, 7) is 12.4. The summed E-state index contributed by atoms with van der Waals surface area (Å²) in [6, 6.07) is 7.51. The molecule has 1 amide bonds. The topological polar surface area (TPSA) is 70.1 Å². The maximum atomic E-state index is 14.4. The van der Waals surface area contributed by atoms with Gasteiger partial charge in [-0.25, -0.2) is 0 Å². The number of likely N-dealkylation sites (tertiary alicyclic amines) is 2. The van der Waals surface area contributed by atoms with Crippen LogP contribution in [-0.2, 0) is 14.3 Å². The number of nitrogens with zero attached hydrogens (tertiary/aromatic N) is 2. The van der Waals surface area contributed by atoms with Gasteiger partial charge in [0.05, 0.1) is 30.6 Å². The number of piperidine rings is 1. The van der Waals surface area contributed by atoms with E-state index in [2.05, 4.69) is 18.4 Å². The van der Waals surface area contributed by atoms with E-state index in [1.165, 1.54) is 0 Å². The summed E-state index contributed by atoms with van der Waals surface area (Å²) in [7, 11) is 0. The van der Waals surface area contributed by atoms with Gasteiger partial charge in [0, 0.05) is 41.1 Å². The zero-order valence-corrected chi connectivity index (χ0v) is 23.9. The van der Waals surface area contributed by atoms with Crippen molar-refractivity contribution in [3.8, 4) is 0 Å². The Balaban J connectivity index is 1.80. The second-order valence-electron chi connectivity index (χ2n) is 11.1. The molecule has 3 fully saturated rings. The van der Waals surface area contributed by atoms with E-state index in [4.69, 9.17) is 27.9 Å². The smallest absolute Gasteiger partial charge is 0.304 e. The number of halogens is 2. The largest absolute Gasteiger partial charge is 0.481 e. The molecule has 0 unspecified atom stereocenters. The van der Waals surface area contributed by atoms with Crippen molar-refractivity contribution in [1.29, 1.82) is 0 Å². The third kappa shape index (κ3) is 6.04. The van der Waals surface area contributed by atoms with Gasteiger partial charge >= 0.3 is 5.97 Å². The molecule has 0 radical (unpaired) electrons. The number of benzene rings is 1. The number of rotatable bonds is 10. The second-order valence-corrected chi connectivity index (χ2v) is 12.0. The molecule has 206 valence electrons. The number of allylic oxidation sites excluding steroid dienone is 3. The number of hydrogen-bond acceptors (Lipinski definition) is 4. The van der Waals surface area contributed by atoms with Gasteiger partial charge in [0.15, 0.2) is 0 Å². The highest BCUT2D eigenvalue weighted by atomic mass is 35.5. The molecule has 3 aliphatic heterocycles. The maximum absolute atomic E-state index is 14.4. The van der Waals surface area contributed by atoms with Crippen LogP contribution in [0.2, 0.25) is 5.02 Å². The molecule has 4 rings (SSSR count). The number of carbonyl (C=O) groups excluding carboxylic acids is 1. The SMILES string of the molecule is C=C(/C=C\C(Cl)=C/C)[C@@H]1[C@@H](c2cccc(Cl)c2)C[C@](C)(CC(=O)O)C(=O)N1[C@@H](CC)CN1C[C@H]2C[C@@H]1CO2. The van der Waals surface area contributed by atoms with Crippen molar-refractivity contribution in [2.24, 2.45) is 5.41 Å². The van der Waals surface area contributed by atoms with Crippen molar-refractivity contribution >= 4 is 35.1 Å². The van der Waals surface area contributed by atoms with Crippen LogP contribution in [0.1, 0.15) is 57.9 Å². The van der Waals surface area contributed by atoms with Gasteiger partial charge in [-0.2, -0.15) is 0 Å². The number of fused-ring (bicyclic) bond motifs is 2. The Kier molecular flexibility index (Phi) is 9.08. The Hall–Kier alpha value is -2.12. The molecule has 3 aliphatic rings. The van der Waals surface area contributed by atoms with Crippen LogP contribution >= 0.6 is 23.2 Å². The molecule has 38 heavy (non-hydrogen) atoms. The third-order valence-corrected chi connectivity index (χ3v) is 8.94. The minimum Gasteiger partial charge on any atom is -0.481 e. The summed E-state index contributed by atoms with van der Waals surface area (Å²) in [6.07, 6.45) is 7.62. The normalized spacial score (nSPS) is 30.8. The summed E-state index contributed by atoms with van der Waals surface area (Å²) in [5.74, 6) is -1.31. The molecule has 1 aromatic carbocycles. The maximum Gasteiger partial charge on any atom is 0.304 e. The average molecular weight is 562 g/mol. The molecule has 1 N–H and O–H groups in total. The summed E-state index contributed by atoms with van der Waals surface area (Å²) in [5, 5.41) is 11.0. The van der Waals surface area contributed by atoms with Crippen molar-refractivity contribution in [3.63, 3.8) is 0 Å². The zero-order valence-electron chi connectivity index (χ0n) is 22.4. The fourth-order valence-corrected chi connectivity index (χ4v) is 6.70. The van der Waals surface area contributed by atoms with Gasteiger partial charge in [-0.05, 0) is 55.5 Å². The Morgan fingerprint density at radius 1 is 1.37 bits per heavy atom. The van der Waals surface area contributed by atoms with E-state index in [0.29, 0.717) is 29.1 Å². The number of ether oxygens (including phenoxy) is 1. The molecule has 3 saturated heterocycles. The van der Waals surface area contributed by atoms with Crippen LogP contribution in [0.3, 0.4) is 0 Å². The second kappa shape index (κ2) is 12.0. The Bertz CT molecular complexity index is 1140. The summed E-state index contributed by atoms with van der Waals surface area (Å²) in [5.41, 5.74) is 0.651. The summed E-state index contributed by atoms with van der Waals surface area (Å²) < 4.78 is 5.81. The first-order valence-electron chi connectivity index (χ1n) is 13.4. The standard InChI is InChI=1S/C30H38Cl2N2O4/c1-5-21(31)11-10-19(3)28-26(20-8-7-9-22(32)12-20)14-30(4,15-27(35)36)29(37)34(28)23(6-2)16-33-17-25-13-24(33)18-38-25/h5,7-12,23-26,28H,3,6,13-18H2,1-2,4H3,(H,35,36)/b11-10-,21-5+/t23-,24+,25+,26+,28+,30+/m0/s1. The van der Waals surface area contributed by atoms with E-state index >= 15 is 0 Å². The molecule has 6 nitrogen and oxygen atoms in total. The highest BCUT2D eigenvalue weighted by molar-refractivity contribution is 6.31. The van der Waals surface area contributed by atoms with Crippen LogP contribution in [0.4, 0.5) is 0 Å². The number of amides is 1. The van der Waals surface area contributed by atoms with Crippen molar-refractivity contribution in [3.05, 3.63) is 70.3 Å². The molecule has 6 atom stereocenters. The zero-order chi connectivity index (χ0) is 27.6. The van der Waals surface area contributed by atoms with Gasteiger partial charge in [0.1, 0.15) is 0 Å². The molecule has 0 spiro atoms. The van der Waals surface area contributed by atoms with E-state index < -0.39 is 11.4 Å². The molecule has 2 bridgehead atoms. The van der Waals surface area contributed by atoms with Gasteiger partial charge in [-0.3, -0.25) is 14.5 Å². The number of hydrogen-bond donors (Lipinski definition) is 1. The Morgan fingerprint density at radius 3 is 2.71 bits per heavy atom. The van der Waals surface area contributed by atoms with E-state index in [0.717, 1.165) is 37.1 Å². The molecular formula is C30H38Cl2N2O4. The minimum atomic E-state index is -1.07. The molecule has 0 saturated carbocycles. The Morgan fingerprint density at radius 2 is 2.13 bits per heavy atom. The van der Waals surface area contributed by atoms with E-state index in [9.17, 15) is 14.7 Å². The first-order valence-corrected chi connectivity index (χ1v) is 14.2. The van der Waals surface area contributed by atoms with Crippen LogP contribution < -0.4 is 0 Å².